The Morgan fingerprint density at radius 2 is 2.00 bits per heavy atom. The number of unbranched alkanes of at least 4 members (excludes halogenated alkanes) is 1. The summed E-state index contributed by atoms with van der Waals surface area (Å²) in [5.41, 5.74) is 0.606. The lowest BCUT2D eigenvalue weighted by Crippen LogP contribution is -2.22. The number of nitrogens with zero attached hydrogens (tertiary/aromatic N) is 1. The summed E-state index contributed by atoms with van der Waals surface area (Å²) in [5.74, 6) is -1.08. The maximum Gasteiger partial charge on any atom is 0.303 e. The predicted molar refractivity (Wildman–Crippen MR) is 88.7 cm³/mol. The summed E-state index contributed by atoms with van der Waals surface area (Å²) >= 11 is 0. The van der Waals surface area contributed by atoms with E-state index in [1.165, 1.54) is 18.3 Å². The van der Waals surface area contributed by atoms with Crippen LogP contribution in [0.1, 0.15) is 31.2 Å². The van der Waals surface area contributed by atoms with Crippen molar-refractivity contribution in [3.63, 3.8) is 0 Å². The third-order valence-corrected chi connectivity index (χ3v) is 3.39. The van der Waals surface area contributed by atoms with Crippen molar-refractivity contribution in [2.24, 2.45) is 0 Å². The first-order valence-electron chi connectivity index (χ1n) is 7.89. The first kappa shape index (κ1) is 18.4. The maximum atomic E-state index is 14.1. The van der Waals surface area contributed by atoms with Gasteiger partial charge in [-0.1, -0.05) is 6.07 Å². The van der Waals surface area contributed by atoms with Crippen LogP contribution in [-0.2, 0) is 16.1 Å². The molecule has 132 valence electrons. The molecule has 1 aromatic carbocycles. The third kappa shape index (κ3) is 6.58. The van der Waals surface area contributed by atoms with Gasteiger partial charge in [0, 0.05) is 25.6 Å². The van der Waals surface area contributed by atoms with Gasteiger partial charge in [-0.15, -0.1) is 0 Å². The molecule has 0 bridgehead atoms. The second-order valence-corrected chi connectivity index (χ2v) is 5.43. The van der Waals surface area contributed by atoms with Crippen molar-refractivity contribution in [3.05, 3.63) is 54.1 Å². The zero-order chi connectivity index (χ0) is 18.1. The minimum absolute atomic E-state index is 0.0525. The summed E-state index contributed by atoms with van der Waals surface area (Å²) < 4.78 is 19.5. The molecule has 6 nitrogen and oxygen atoms in total. The van der Waals surface area contributed by atoms with Crippen molar-refractivity contribution >= 4 is 11.9 Å². The van der Waals surface area contributed by atoms with E-state index >= 15 is 0 Å². The number of aromatic nitrogens is 1. The molecule has 2 N–H and O–H groups in total. The van der Waals surface area contributed by atoms with E-state index in [0.29, 0.717) is 24.2 Å². The first-order chi connectivity index (χ1) is 12.0. The number of pyridine rings is 1. The highest BCUT2D eigenvalue weighted by Crippen LogP contribution is 2.24. The lowest BCUT2D eigenvalue weighted by molar-refractivity contribution is -0.137. The second-order valence-electron chi connectivity index (χ2n) is 5.43. The van der Waals surface area contributed by atoms with Crippen molar-refractivity contribution in [1.29, 1.82) is 0 Å². The molecule has 0 spiro atoms. The second kappa shape index (κ2) is 9.36. The van der Waals surface area contributed by atoms with Crippen LogP contribution in [0.4, 0.5) is 4.39 Å². The van der Waals surface area contributed by atoms with Gasteiger partial charge in [0.15, 0.2) is 11.6 Å². The van der Waals surface area contributed by atoms with Crippen LogP contribution in [0, 0.1) is 5.82 Å². The van der Waals surface area contributed by atoms with Gasteiger partial charge in [-0.3, -0.25) is 14.6 Å². The maximum absolute atomic E-state index is 14.1. The molecule has 0 unspecified atom stereocenters. The Morgan fingerprint density at radius 1 is 1.20 bits per heavy atom. The van der Waals surface area contributed by atoms with Gasteiger partial charge in [-0.25, -0.2) is 4.39 Å². The van der Waals surface area contributed by atoms with Gasteiger partial charge in [-0.2, -0.15) is 0 Å². The Labute approximate surface area is 144 Å². The summed E-state index contributed by atoms with van der Waals surface area (Å²) in [4.78, 5) is 25.9. The van der Waals surface area contributed by atoms with E-state index in [1.54, 1.807) is 24.4 Å². The first-order valence-corrected chi connectivity index (χ1v) is 7.89. The molecule has 0 aliphatic heterocycles. The molecule has 1 heterocycles. The Kier molecular flexibility index (Phi) is 6.88. The summed E-state index contributed by atoms with van der Waals surface area (Å²) in [5, 5.41) is 11.2. The number of amides is 1. The molecule has 0 saturated heterocycles. The zero-order valence-corrected chi connectivity index (χ0v) is 13.6. The van der Waals surface area contributed by atoms with E-state index in [2.05, 4.69) is 10.3 Å². The van der Waals surface area contributed by atoms with Gasteiger partial charge in [0.2, 0.25) is 5.91 Å². The SMILES string of the molecule is O=C(O)CCCCC(=O)NCc1ccc(Oc2cccnc2)c(F)c1. The molecule has 0 radical (unpaired) electrons. The van der Waals surface area contributed by atoms with E-state index in [0.717, 1.165) is 0 Å². The van der Waals surface area contributed by atoms with Gasteiger partial charge in [0.05, 0.1) is 6.20 Å². The number of rotatable bonds is 9. The molecule has 0 aliphatic carbocycles. The monoisotopic (exact) mass is 346 g/mol. The fraction of sp³-hybridized carbons (Fsp3) is 0.278. The van der Waals surface area contributed by atoms with Gasteiger partial charge >= 0.3 is 5.97 Å². The van der Waals surface area contributed by atoms with Crippen LogP contribution < -0.4 is 10.1 Å². The van der Waals surface area contributed by atoms with Gasteiger partial charge in [0.25, 0.3) is 0 Å². The topological polar surface area (TPSA) is 88.5 Å². The number of halogens is 1. The summed E-state index contributed by atoms with van der Waals surface area (Å²) in [7, 11) is 0. The van der Waals surface area contributed by atoms with Crippen LogP contribution in [0.15, 0.2) is 42.7 Å². The fourth-order valence-corrected chi connectivity index (χ4v) is 2.12. The van der Waals surface area contributed by atoms with E-state index < -0.39 is 11.8 Å². The number of carboxylic acid groups (broad SMARTS) is 1. The number of carbonyl (C=O) groups is 2. The van der Waals surface area contributed by atoms with Crippen molar-refractivity contribution in [1.82, 2.24) is 10.3 Å². The average Bonchev–Trinajstić information content (AvgIpc) is 2.60. The molecule has 0 fully saturated rings. The highest BCUT2D eigenvalue weighted by atomic mass is 19.1. The molecule has 1 aromatic heterocycles. The number of carboxylic acids is 1. The van der Waals surface area contributed by atoms with Gasteiger partial charge in [-0.05, 0) is 42.7 Å². The lowest BCUT2D eigenvalue weighted by Gasteiger charge is -2.09. The minimum atomic E-state index is -0.871. The minimum Gasteiger partial charge on any atom is -0.481 e. The van der Waals surface area contributed by atoms with E-state index in [1.807, 2.05) is 0 Å². The average molecular weight is 346 g/mol. The summed E-state index contributed by atoms with van der Waals surface area (Å²) in [6.45, 7) is 0.196. The van der Waals surface area contributed by atoms with E-state index in [4.69, 9.17) is 9.84 Å². The molecular formula is C18H19FN2O4. The van der Waals surface area contributed by atoms with E-state index in [-0.39, 0.29) is 31.0 Å². The molecule has 0 aliphatic rings. The van der Waals surface area contributed by atoms with Crippen LogP contribution >= 0.6 is 0 Å². The van der Waals surface area contributed by atoms with Crippen molar-refractivity contribution in [3.8, 4) is 11.5 Å². The quantitative estimate of drug-likeness (QED) is 0.680. The highest BCUT2D eigenvalue weighted by molar-refractivity contribution is 5.75. The van der Waals surface area contributed by atoms with E-state index in [9.17, 15) is 14.0 Å². The molecule has 2 rings (SSSR count). The standard InChI is InChI=1S/C18H19FN2O4/c19-15-10-13(11-21-17(22)5-1-2-6-18(23)24)7-8-16(15)25-14-4-3-9-20-12-14/h3-4,7-10,12H,1-2,5-6,11H2,(H,21,22)(H,23,24). The molecule has 0 atom stereocenters. The molecule has 1 amide bonds. The largest absolute Gasteiger partial charge is 0.481 e. The zero-order valence-electron chi connectivity index (χ0n) is 13.6. The Bertz CT molecular complexity index is 722. The molecule has 2 aromatic rings. The van der Waals surface area contributed by atoms with Crippen LogP contribution in [0.2, 0.25) is 0 Å². The molecule has 7 heteroatoms. The van der Waals surface area contributed by atoms with Crippen molar-refractivity contribution < 1.29 is 23.8 Å². The third-order valence-electron chi connectivity index (χ3n) is 3.39. The Hall–Kier alpha value is -2.96. The number of ether oxygens (including phenoxy) is 1. The fourth-order valence-electron chi connectivity index (χ4n) is 2.12. The molecule has 25 heavy (non-hydrogen) atoms. The Balaban J connectivity index is 1.80. The highest BCUT2D eigenvalue weighted by Gasteiger charge is 2.08. The number of aliphatic carboxylic acids is 1. The summed E-state index contributed by atoms with van der Waals surface area (Å²) in [6.07, 6.45) is 4.34. The van der Waals surface area contributed by atoms with Crippen molar-refractivity contribution in [2.45, 2.75) is 32.2 Å². The number of nitrogens with one attached hydrogen (secondary N) is 1. The predicted octanol–water partition coefficient (Wildman–Crippen LogP) is 3.27. The van der Waals surface area contributed by atoms with Crippen LogP contribution in [-0.4, -0.2) is 22.0 Å². The lowest BCUT2D eigenvalue weighted by atomic mass is 10.1. The van der Waals surface area contributed by atoms with Gasteiger partial charge in [0.1, 0.15) is 5.75 Å². The smallest absolute Gasteiger partial charge is 0.303 e. The molecule has 0 saturated carbocycles. The number of carbonyl (C=O) groups excluding carboxylic acids is 1. The summed E-state index contributed by atoms with van der Waals surface area (Å²) in [6, 6.07) is 7.82. The van der Waals surface area contributed by atoms with Crippen LogP contribution in [0.5, 0.6) is 11.5 Å². The molecular weight excluding hydrogens is 327 g/mol. The van der Waals surface area contributed by atoms with Crippen LogP contribution in [0.25, 0.3) is 0 Å². The van der Waals surface area contributed by atoms with Crippen LogP contribution in [0.3, 0.4) is 0 Å². The number of benzene rings is 1. The van der Waals surface area contributed by atoms with Crippen molar-refractivity contribution in [2.75, 3.05) is 0 Å². The number of hydrogen-bond donors (Lipinski definition) is 2. The normalized spacial score (nSPS) is 10.3. The van der Waals surface area contributed by atoms with Gasteiger partial charge < -0.3 is 15.2 Å². The Morgan fingerprint density at radius 3 is 2.68 bits per heavy atom. The number of hydrogen-bond acceptors (Lipinski definition) is 4.